The summed E-state index contributed by atoms with van der Waals surface area (Å²) in [4.78, 5) is 1.32. The van der Waals surface area contributed by atoms with E-state index < -0.39 is 0 Å². The monoisotopic (exact) mass is 323 g/mol. The average molecular weight is 325 g/mol. The zero-order chi connectivity index (χ0) is 12.3. The quantitative estimate of drug-likeness (QED) is 0.794. The first-order valence-electron chi connectivity index (χ1n) is 5.65. The molecule has 1 heterocycles. The van der Waals surface area contributed by atoms with Crippen molar-refractivity contribution in [1.82, 2.24) is 5.32 Å². The van der Waals surface area contributed by atoms with Crippen LogP contribution in [0.15, 0.2) is 10.5 Å². The molecule has 1 aromatic rings. The highest BCUT2D eigenvalue weighted by Gasteiger charge is 2.23. The van der Waals surface area contributed by atoms with Gasteiger partial charge in [0.05, 0.1) is 0 Å². The molecule has 0 aliphatic rings. The van der Waals surface area contributed by atoms with Crippen LogP contribution in [0.1, 0.15) is 38.6 Å². The van der Waals surface area contributed by atoms with Crippen molar-refractivity contribution < 1.29 is 0 Å². The first-order valence-corrected chi connectivity index (χ1v) is 7.64. The van der Waals surface area contributed by atoms with E-state index in [1.807, 2.05) is 0 Å². The van der Waals surface area contributed by atoms with Crippen LogP contribution in [0.4, 0.5) is 0 Å². The molecule has 1 N–H and O–H groups in total. The minimum atomic E-state index is 0.402. The van der Waals surface area contributed by atoms with Gasteiger partial charge in [0.1, 0.15) is 4.34 Å². The smallest absolute Gasteiger partial charge is 0.107 e. The summed E-state index contributed by atoms with van der Waals surface area (Å²) in [6.07, 6.45) is 0. The van der Waals surface area contributed by atoms with Crippen LogP contribution in [-0.2, 0) is 0 Å². The van der Waals surface area contributed by atoms with Gasteiger partial charge >= 0.3 is 0 Å². The van der Waals surface area contributed by atoms with Crippen molar-refractivity contribution in [2.75, 3.05) is 6.54 Å². The van der Waals surface area contributed by atoms with Crippen molar-refractivity contribution in [2.24, 2.45) is 11.8 Å². The van der Waals surface area contributed by atoms with Crippen molar-refractivity contribution in [3.63, 3.8) is 0 Å². The number of halogens is 2. The van der Waals surface area contributed by atoms with Crippen LogP contribution in [0.3, 0.4) is 0 Å². The molecule has 2 unspecified atom stereocenters. The van der Waals surface area contributed by atoms with E-state index in [2.05, 4.69) is 55.0 Å². The Bertz CT molecular complexity index is 318. The zero-order valence-corrected chi connectivity index (χ0v) is 13.3. The predicted molar refractivity (Wildman–Crippen MR) is 77.4 cm³/mol. The lowest BCUT2D eigenvalue weighted by Gasteiger charge is -2.26. The van der Waals surface area contributed by atoms with Gasteiger partial charge in [-0.3, -0.25) is 0 Å². The maximum absolute atomic E-state index is 6.10. The molecule has 0 amide bonds. The van der Waals surface area contributed by atoms with Crippen LogP contribution < -0.4 is 5.32 Å². The van der Waals surface area contributed by atoms with Crippen LogP contribution >= 0.6 is 38.9 Å². The van der Waals surface area contributed by atoms with Gasteiger partial charge in [0.2, 0.25) is 0 Å². The maximum Gasteiger partial charge on any atom is 0.107 e. The van der Waals surface area contributed by atoms with Gasteiger partial charge in [0.25, 0.3) is 0 Å². The molecule has 1 rings (SSSR count). The Balaban J connectivity index is 2.92. The molecule has 4 heteroatoms. The molecule has 0 aromatic carbocycles. The SMILES string of the molecule is CCNC(c1cc(Br)c(Cl)s1)C(C)C(C)C. The lowest BCUT2D eigenvalue weighted by atomic mass is 9.89. The summed E-state index contributed by atoms with van der Waals surface area (Å²) in [6.45, 7) is 9.94. The van der Waals surface area contributed by atoms with Gasteiger partial charge < -0.3 is 5.32 Å². The molecular formula is C12H19BrClNS. The zero-order valence-electron chi connectivity index (χ0n) is 10.2. The second-order valence-corrected chi connectivity index (χ2v) is 6.95. The third-order valence-corrected chi connectivity index (χ3v) is 5.53. The second-order valence-electron chi connectivity index (χ2n) is 4.41. The molecule has 16 heavy (non-hydrogen) atoms. The van der Waals surface area contributed by atoms with Crippen LogP contribution in [0, 0.1) is 11.8 Å². The van der Waals surface area contributed by atoms with E-state index in [1.54, 1.807) is 11.3 Å². The second kappa shape index (κ2) is 6.39. The largest absolute Gasteiger partial charge is 0.309 e. The summed E-state index contributed by atoms with van der Waals surface area (Å²) in [7, 11) is 0. The van der Waals surface area contributed by atoms with Crippen molar-refractivity contribution in [2.45, 2.75) is 33.7 Å². The lowest BCUT2D eigenvalue weighted by Crippen LogP contribution is -2.28. The third kappa shape index (κ3) is 3.46. The summed E-state index contributed by atoms with van der Waals surface area (Å²) in [5.41, 5.74) is 0. The van der Waals surface area contributed by atoms with Gasteiger partial charge in [-0.1, -0.05) is 39.3 Å². The van der Waals surface area contributed by atoms with Crippen molar-refractivity contribution in [1.29, 1.82) is 0 Å². The molecule has 0 radical (unpaired) electrons. The Morgan fingerprint density at radius 3 is 2.44 bits per heavy atom. The molecular weight excluding hydrogens is 306 g/mol. The molecule has 92 valence electrons. The predicted octanol–water partition coefficient (Wildman–Crippen LogP) is 5.11. The van der Waals surface area contributed by atoms with Crippen LogP contribution in [-0.4, -0.2) is 6.54 Å². The highest BCUT2D eigenvalue weighted by Crippen LogP contribution is 2.38. The van der Waals surface area contributed by atoms with E-state index in [0.717, 1.165) is 15.4 Å². The summed E-state index contributed by atoms with van der Waals surface area (Å²) >= 11 is 11.2. The number of rotatable bonds is 5. The Morgan fingerprint density at radius 1 is 1.44 bits per heavy atom. The minimum absolute atomic E-state index is 0.402. The number of thiophene rings is 1. The first-order chi connectivity index (χ1) is 7.47. The average Bonchev–Trinajstić information content (AvgIpc) is 2.54. The summed E-state index contributed by atoms with van der Waals surface area (Å²) < 4.78 is 1.85. The molecule has 0 aliphatic heterocycles. The molecule has 0 saturated heterocycles. The third-order valence-electron chi connectivity index (χ3n) is 2.97. The highest BCUT2D eigenvalue weighted by molar-refractivity contribution is 9.10. The van der Waals surface area contributed by atoms with Gasteiger partial charge in [-0.05, 0) is 40.4 Å². The van der Waals surface area contributed by atoms with E-state index in [1.165, 1.54) is 4.88 Å². The topological polar surface area (TPSA) is 12.0 Å². The van der Waals surface area contributed by atoms with Gasteiger partial charge in [-0.15, -0.1) is 11.3 Å². The molecule has 1 nitrogen and oxygen atoms in total. The van der Waals surface area contributed by atoms with E-state index in [-0.39, 0.29) is 0 Å². The molecule has 0 bridgehead atoms. The molecule has 0 fully saturated rings. The van der Waals surface area contributed by atoms with Gasteiger partial charge in [-0.25, -0.2) is 0 Å². The van der Waals surface area contributed by atoms with Crippen molar-refractivity contribution >= 4 is 38.9 Å². The van der Waals surface area contributed by atoms with Crippen molar-refractivity contribution in [3.05, 3.63) is 19.8 Å². The summed E-state index contributed by atoms with van der Waals surface area (Å²) in [5, 5.41) is 3.55. The summed E-state index contributed by atoms with van der Waals surface area (Å²) in [5.74, 6) is 1.25. The van der Waals surface area contributed by atoms with E-state index >= 15 is 0 Å². The molecule has 0 saturated carbocycles. The fourth-order valence-corrected chi connectivity index (χ4v) is 3.59. The van der Waals surface area contributed by atoms with Crippen LogP contribution in [0.5, 0.6) is 0 Å². The Kier molecular flexibility index (Phi) is 5.78. The number of hydrogen-bond acceptors (Lipinski definition) is 2. The van der Waals surface area contributed by atoms with Crippen LogP contribution in [0.2, 0.25) is 4.34 Å². The number of nitrogens with one attached hydrogen (secondary N) is 1. The van der Waals surface area contributed by atoms with E-state index in [9.17, 15) is 0 Å². The molecule has 0 spiro atoms. The lowest BCUT2D eigenvalue weighted by molar-refractivity contribution is 0.311. The van der Waals surface area contributed by atoms with Gasteiger partial charge in [0.15, 0.2) is 0 Å². The number of hydrogen-bond donors (Lipinski definition) is 1. The minimum Gasteiger partial charge on any atom is -0.309 e. The van der Waals surface area contributed by atoms with Crippen molar-refractivity contribution in [3.8, 4) is 0 Å². The van der Waals surface area contributed by atoms with E-state index in [0.29, 0.717) is 17.9 Å². The van der Waals surface area contributed by atoms with Crippen LogP contribution in [0.25, 0.3) is 0 Å². The Morgan fingerprint density at radius 2 is 2.06 bits per heavy atom. The van der Waals surface area contributed by atoms with Gasteiger partial charge in [0, 0.05) is 15.4 Å². The standard InChI is InChI=1S/C12H19BrClNS/c1-5-15-11(8(4)7(2)3)10-6-9(13)12(14)16-10/h6-8,11,15H,5H2,1-4H3. The molecule has 2 atom stereocenters. The fraction of sp³-hybridized carbons (Fsp3) is 0.667. The Hall–Kier alpha value is 0.430. The first kappa shape index (κ1) is 14.5. The van der Waals surface area contributed by atoms with E-state index in [4.69, 9.17) is 11.6 Å². The molecule has 0 aliphatic carbocycles. The maximum atomic E-state index is 6.10. The fourth-order valence-electron chi connectivity index (χ4n) is 1.67. The Labute approximate surface area is 116 Å². The molecule has 1 aromatic heterocycles. The summed E-state index contributed by atoms with van der Waals surface area (Å²) in [6, 6.07) is 2.54. The highest BCUT2D eigenvalue weighted by atomic mass is 79.9. The normalized spacial score (nSPS) is 15.4. The van der Waals surface area contributed by atoms with Gasteiger partial charge in [-0.2, -0.15) is 0 Å².